The summed E-state index contributed by atoms with van der Waals surface area (Å²) in [5.41, 5.74) is 0.700. The number of carbonyl (C=O) groups is 1. The smallest absolute Gasteiger partial charge is 0.253 e. The van der Waals surface area contributed by atoms with Crippen LogP contribution in [0.3, 0.4) is 0 Å². The molecular weight excluding hydrogens is 268 g/mol. The molecule has 0 fully saturated rings. The number of amides is 1. The van der Waals surface area contributed by atoms with Gasteiger partial charge in [0.1, 0.15) is 0 Å². The summed E-state index contributed by atoms with van der Waals surface area (Å²) >= 11 is 0. The molecule has 5 nitrogen and oxygen atoms in total. The highest BCUT2D eigenvalue weighted by atomic mass is 16.3. The van der Waals surface area contributed by atoms with Crippen LogP contribution in [0.25, 0.3) is 10.9 Å². The molecular formula is C16H20N2O3. The van der Waals surface area contributed by atoms with Gasteiger partial charge in [-0.2, -0.15) is 0 Å². The molecule has 1 heterocycles. The van der Waals surface area contributed by atoms with Crippen molar-refractivity contribution in [1.29, 1.82) is 0 Å². The van der Waals surface area contributed by atoms with Crippen molar-refractivity contribution in [2.45, 2.75) is 6.92 Å². The lowest BCUT2D eigenvalue weighted by Gasteiger charge is -2.30. The normalized spacial score (nSPS) is 11.6. The predicted molar refractivity (Wildman–Crippen MR) is 81.0 cm³/mol. The lowest BCUT2D eigenvalue weighted by atomic mass is 9.92. The minimum Gasteiger partial charge on any atom is -0.396 e. The minimum atomic E-state index is -0.706. The molecule has 0 spiro atoms. The molecule has 0 aliphatic carbocycles. The average molecular weight is 288 g/mol. The van der Waals surface area contributed by atoms with E-state index in [0.717, 1.165) is 10.9 Å². The quantitative estimate of drug-likeness (QED) is 0.869. The third-order valence-corrected chi connectivity index (χ3v) is 3.58. The Hall–Kier alpha value is -1.98. The van der Waals surface area contributed by atoms with E-state index in [0.29, 0.717) is 5.56 Å². The van der Waals surface area contributed by atoms with Gasteiger partial charge in [-0.05, 0) is 24.3 Å². The molecule has 21 heavy (non-hydrogen) atoms. The van der Waals surface area contributed by atoms with E-state index in [2.05, 4.69) is 4.98 Å². The van der Waals surface area contributed by atoms with E-state index in [4.69, 9.17) is 0 Å². The maximum absolute atomic E-state index is 12.4. The summed E-state index contributed by atoms with van der Waals surface area (Å²) in [5.74, 6) is -0.145. The van der Waals surface area contributed by atoms with Crippen LogP contribution in [0.2, 0.25) is 0 Å². The van der Waals surface area contributed by atoms with E-state index in [1.165, 1.54) is 4.90 Å². The van der Waals surface area contributed by atoms with Crippen LogP contribution in [0, 0.1) is 5.41 Å². The van der Waals surface area contributed by atoms with Gasteiger partial charge in [-0.3, -0.25) is 9.78 Å². The second-order valence-electron chi connectivity index (χ2n) is 5.70. The molecule has 0 aliphatic heterocycles. The lowest BCUT2D eigenvalue weighted by Crippen LogP contribution is -2.41. The molecule has 1 amide bonds. The summed E-state index contributed by atoms with van der Waals surface area (Å²) in [6.07, 6.45) is 1.71. The van der Waals surface area contributed by atoms with E-state index in [1.54, 1.807) is 32.3 Å². The molecule has 0 atom stereocenters. The van der Waals surface area contributed by atoms with Crippen LogP contribution >= 0.6 is 0 Å². The number of aromatic nitrogens is 1. The van der Waals surface area contributed by atoms with E-state index in [1.807, 2.05) is 18.2 Å². The Morgan fingerprint density at radius 1 is 1.29 bits per heavy atom. The molecule has 0 saturated carbocycles. The first-order valence-corrected chi connectivity index (χ1v) is 6.81. The van der Waals surface area contributed by atoms with Gasteiger partial charge in [0.05, 0.1) is 18.7 Å². The van der Waals surface area contributed by atoms with Crippen LogP contribution in [0.1, 0.15) is 17.3 Å². The molecule has 0 saturated heterocycles. The molecule has 1 aromatic carbocycles. The zero-order chi connectivity index (χ0) is 15.5. The Labute approximate surface area is 123 Å². The number of nitrogens with zero attached hydrogens (tertiary/aromatic N) is 2. The maximum atomic E-state index is 12.4. The molecule has 0 aliphatic rings. The van der Waals surface area contributed by atoms with Crippen molar-refractivity contribution in [3.05, 3.63) is 42.1 Å². The number of hydrogen-bond acceptors (Lipinski definition) is 4. The monoisotopic (exact) mass is 288 g/mol. The predicted octanol–water partition coefficient (Wildman–Crippen LogP) is 1.30. The van der Waals surface area contributed by atoms with E-state index in [-0.39, 0.29) is 25.7 Å². The summed E-state index contributed by atoms with van der Waals surface area (Å²) in [6.45, 7) is 1.66. The van der Waals surface area contributed by atoms with Gasteiger partial charge in [0, 0.05) is 36.2 Å². The number of hydrogen-bond donors (Lipinski definition) is 2. The molecule has 0 unspecified atom stereocenters. The van der Waals surface area contributed by atoms with Crippen LogP contribution in [0.15, 0.2) is 36.5 Å². The van der Waals surface area contributed by atoms with Crippen LogP contribution < -0.4 is 0 Å². The van der Waals surface area contributed by atoms with Crippen LogP contribution in [-0.4, -0.2) is 52.8 Å². The lowest BCUT2D eigenvalue weighted by molar-refractivity contribution is 0.0366. The number of fused-ring (bicyclic) bond motifs is 1. The Morgan fingerprint density at radius 2 is 2.00 bits per heavy atom. The van der Waals surface area contributed by atoms with Gasteiger partial charge >= 0.3 is 0 Å². The summed E-state index contributed by atoms with van der Waals surface area (Å²) in [7, 11) is 1.67. The van der Waals surface area contributed by atoms with Crippen molar-refractivity contribution in [2.75, 3.05) is 26.8 Å². The van der Waals surface area contributed by atoms with Gasteiger partial charge in [0.25, 0.3) is 5.91 Å². The summed E-state index contributed by atoms with van der Waals surface area (Å²) in [4.78, 5) is 18.2. The van der Waals surface area contributed by atoms with Crippen LogP contribution in [0.4, 0.5) is 0 Å². The second-order valence-corrected chi connectivity index (χ2v) is 5.70. The number of aliphatic hydroxyl groups excluding tert-OH is 2. The van der Waals surface area contributed by atoms with Crippen LogP contribution in [-0.2, 0) is 0 Å². The molecule has 112 valence electrons. The van der Waals surface area contributed by atoms with Crippen molar-refractivity contribution >= 4 is 16.8 Å². The molecule has 1 aromatic heterocycles. The zero-order valence-electron chi connectivity index (χ0n) is 12.3. The molecule has 0 bridgehead atoms. The van der Waals surface area contributed by atoms with Crippen molar-refractivity contribution in [3.63, 3.8) is 0 Å². The SMILES string of the molecule is CN(CC(C)(CO)CO)C(=O)c1ccc2ncccc2c1. The standard InChI is InChI=1S/C16H20N2O3/c1-16(10-19,11-20)9-18(2)15(21)13-5-6-14-12(8-13)4-3-7-17-14/h3-8,19-20H,9-11H2,1-2H3. The second kappa shape index (κ2) is 6.20. The van der Waals surface area contributed by atoms with Crippen molar-refractivity contribution < 1.29 is 15.0 Å². The number of rotatable bonds is 5. The Kier molecular flexibility index (Phi) is 4.55. The van der Waals surface area contributed by atoms with Crippen LogP contribution in [0.5, 0.6) is 0 Å². The van der Waals surface area contributed by atoms with Crippen molar-refractivity contribution in [1.82, 2.24) is 9.88 Å². The van der Waals surface area contributed by atoms with Gasteiger partial charge in [0.15, 0.2) is 0 Å². The summed E-state index contributed by atoms with van der Waals surface area (Å²) in [5, 5.41) is 19.5. The third kappa shape index (κ3) is 3.37. The molecule has 2 rings (SSSR count). The number of carbonyl (C=O) groups excluding carboxylic acids is 1. The van der Waals surface area contributed by atoms with Gasteiger partial charge < -0.3 is 15.1 Å². The van der Waals surface area contributed by atoms with E-state index >= 15 is 0 Å². The van der Waals surface area contributed by atoms with Gasteiger partial charge in [0.2, 0.25) is 0 Å². The molecule has 0 radical (unpaired) electrons. The highest BCUT2D eigenvalue weighted by molar-refractivity contribution is 5.97. The van der Waals surface area contributed by atoms with Gasteiger partial charge in [-0.25, -0.2) is 0 Å². The van der Waals surface area contributed by atoms with E-state index < -0.39 is 5.41 Å². The van der Waals surface area contributed by atoms with Crippen molar-refractivity contribution in [2.24, 2.45) is 5.41 Å². The Bertz CT molecular complexity index is 638. The first-order chi connectivity index (χ1) is 9.99. The number of benzene rings is 1. The fourth-order valence-electron chi connectivity index (χ4n) is 2.22. The van der Waals surface area contributed by atoms with Gasteiger partial charge in [-0.1, -0.05) is 13.0 Å². The van der Waals surface area contributed by atoms with Crippen molar-refractivity contribution in [3.8, 4) is 0 Å². The zero-order valence-corrected chi connectivity index (χ0v) is 12.3. The first kappa shape index (κ1) is 15.4. The fraction of sp³-hybridized carbons (Fsp3) is 0.375. The fourth-order valence-corrected chi connectivity index (χ4v) is 2.22. The Balaban J connectivity index is 2.21. The maximum Gasteiger partial charge on any atom is 0.253 e. The Morgan fingerprint density at radius 3 is 2.67 bits per heavy atom. The molecule has 2 aromatic rings. The summed E-state index contributed by atoms with van der Waals surface area (Å²) in [6, 6.07) is 9.09. The molecule has 5 heteroatoms. The topological polar surface area (TPSA) is 73.7 Å². The van der Waals surface area contributed by atoms with Gasteiger partial charge in [-0.15, -0.1) is 0 Å². The third-order valence-electron chi connectivity index (χ3n) is 3.58. The minimum absolute atomic E-state index is 0.145. The molecule has 2 N–H and O–H groups in total. The average Bonchev–Trinajstić information content (AvgIpc) is 2.53. The summed E-state index contributed by atoms with van der Waals surface area (Å²) < 4.78 is 0. The largest absolute Gasteiger partial charge is 0.396 e. The highest BCUT2D eigenvalue weighted by Crippen LogP contribution is 2.19. The highest BCUT2D eigenvalue weighted by Gasteiger charge is 2.26. The number of aliphatic hydroxyl groups is 2. The van der Waals surface area contributed by atoms with E-state index in [9.17, 15) is 15.0 Å². The number of pyridine rings is 1. The first-order valence-electron chi connectivity index (χ1n) is 6.81.